The van der Waals surface area contributed by atoms with Crippen LogP contribution in [-0.4, -0.2) is 17.2 Å². The number of nitriles is 1. The molecule has 0 aliphatic heterocycles. The number of nitrogens with zero attached hydrogens (tertiary/aromatic N) is 1. The summed E-state index contributed by atoms with van der Waals surface area (Å²) in [5.74, 6) is -2.06. The molecule has 0 aliphatic carbocycles. The molecule has 4 nitrogen and oxygen atoms in total. The van der Waals surface area contributed by atoms with Crippen LogP contribution in [-0.2, 0) is 0 Å². The Morgan fingerprint density at radius 1 is 1.69 bits per heavy atom. The molecule has 1 unspecified atom stereocenters. The minimum Gasteiger partial charge on any atom is -0.478 e. The molecular formula is C11H10FNO3. The van der Waals surface area contributed by atoms with Crippen LogP contribution in [0.4, 0.5) is 4.39 Å². The summed E-state index contributed by atoms with van der Waals surface area (Å²) >= 11 is 0. The van der Waals surface area contributed by atoms with Crippen molar-refractivity contribution in [2.45, 2.75) is 19.4 Å². The Kier molecular flexibility index (Phi) is 3.84. The number of benzene rings is 1. The molecule has 5 heteroatoms. The van der Waals surface area contributed by atoms with Gasteiger partial charge in [-0.25, -0.2) is 9.18 Å². The van der Waals surface area contributed by atoms with Gasteiger partial charge in [0, 0.05) is 6.07 Å². The van der Waals surface area contributed by atoms with Gasteiger partial charge in [-0.15, -0.1) is 0 Å². The summed E-state index contributed by atoms with van der Waals surface area (Å²) in [6, 6.07) is 5.29. The lowest BCUT2D eigenvalue weighted by Crippen LogP contribution is -2.12. The first-order valence-corrected chi connectivity index (χ1v) is 4.67. The molecule has 0 heterocycles. The van der Waals surface area contributed by atoms with E-state index in [4.69, 9.17) is 15.1 Å². The van der Waals surface area contributed by atoms with Gasteiger partial charge in [0.2, 0.25) is 0 Å². The summed E-state index contributed by atoms with van der Waals surface area (Å²) < 4.78 is 18.3. The number of ether oxygens (including phenoxy) is 1. The van der Waals surface area contributed by atoms with Crippen molar-refractivity contribution in [3.05, 3.63) is 29.6 Å². The van der Waals surface area contributed by atoms with Crippen LogP contribution in [0.1, 0.15) is 23.7 Å². The second-order valence-corrected chi connectivity index (χ2v) is 3.09. The largest absolute Gasteiger partial charge is 0.478 e. The van der Waals surface area contributed by atoms with Crippen molar-refractivity contribution in [2.24, 2.45) is 0 Å². The van der Waals surface area contributed by atoms with E-state index in [0.29, 0.717) is 6.42 Å². The lowest BCUT2D eigenvalue weighted by Gasteiger charge is -2.10. The maximum atomic E-state index is 13.2. The predicted molar refractivity (Wildman–Crippen MR) is 53.7 cm³/mol. The van der Waals surface area contributed by atoms with Crippen molar-refractivity contribution in [2.75, 3.05) is 0 Å². The molecule has 1 atom stereocenters. The molecule has 0 radical (unpaired) electrons. The predicted octanol–water partition coefficient (Wildman–Crippen LogP) is 2.20. The van der Waals surface area contributed by atoms with E-state index in [9.17, 15) is 9.18 Å². The van der Waals surface area contributed by atoms with E-state index in [1.165, 1.54) is 6.07 Å². The summed E-state index contributed by atoms with van der Waals surface area (Å²) in [6.07, 6.45) is -0.186. The minimum absolute atomic E-state index is 0.149. The van der Waals surface area contributed by atoms with Crippen LogP contribution in [0.3, 0.4) is 0 Å². The van der Waals surface area contributed by atoms with Crippen LogP contribution in [0.25, 0.3) is 0 Å². The molecule has 0 spiro atoms. The highest BCUT2D eigenvalue weighted by molar-refractivity contribution is 5.88. The molecule has 1 aromatic carbocycles. The minimum atomic E-state index is -1.34. The van der Waals surface area contributed by atoms with Crippen molar-refractivity contribution in [3.63, 3.8) is 0 Å². The van der Waals surface area contributed by atoms with Gasteiger partial charge in [-0.05, 0) is 18.6 Å². The van der Waals surface area contributed by atoms with E-state index in [0.717, 1.165) is 12.1 Å². The van der Waals surface area contributed by atoms with Gasteiger partial charge in [-0.1, -0.05) is 6.92 Å². The van der Waals surface area contributed by atoms with E-state index < -0.39 is 23.5 Å². The number of rotatable bonds is 4. The summed E-state index contributed by atoms with van der Waals surface area (Å²) in [4.78, 5) is 10.5. The van der Waals surface area contributed by atoms with Crippen molar-refractivity contribution >= 4 is 5.97 Å². The standard InChI is InChI=1S/C11H10FNO3/c1-2-7(6-13)16-8-3-4-9(11(14)15)10(12)5-8/h3-5,7H,2H2,1H3,(H,14,15). The third-order valence-electron chi connectivity index (χ3n) is 1.96. The SMILES string of the molecule is CCC(C#N)Oc1ccc(C(=O)O)c(F)c1. The molecule has 84 valence electrons. The Morgan fingerprint density at radius 3 is 2.81 bits per heavy atom. The van der Waals surface area contributed by atoms with Crippen molar-refractivity contribution < 1.29 is 19.0 Å². The van der Waals surface area contributed by atoms with E-state index in [1.54, 1.807) is 6.92 Å². The van der Waals surface area contributed by atoms with E-state index in [2.05, 4.69) is 0 Å². The second-order valence-electron chi connectivity index (χ2n) is 3.09. The fraction of sp³-hybridized carbons (Fsp3) is 0.273. The smallest absolute Gasteiger partial charge is 0.338 e. The second kappa shape index (κ2) is 5.12. The number of hydrogen-bond acceptors (Lipinski definition) is 3. The fourth-order valence-corrected chi connectivity index (χ4v) is 1.11. The van der Waals surface area contributed by atoms with Gasteiger partial charge in [-0.2, -0.15) is 5.26 Å². The van der Waals surface area contributed by atoms with Gasteiger partial charge < -0.3 is 9.84 Å². The first-order valence-electron chi connectivity index (χ1n) is 4.67. The summed E-state index contributed by atoms with van der Waals surface area (Å²) in [7, 11) is 0. The van der Waals surface area contributed by atoms with Crippen LogP contribution in [0, 0.1) is 17.1 Å². The maximum Gasteiger partial charge on any atom is 0.338 e. The fourth-order valence-electron chi connectivity index (χ4n) is 1.11. The summed E-state index contributed by atoms with van der Waals surface area (Å²) in [6.45, 7) is 1.76. The average molecular weight is 223 g/mol. The summed E-state index contributed by atoms with van der Waals surface area (Å²) in [5.41, 5.74) is -0.419. The number of halogens is 1. The number of carboxylic acid groups (broad SMARTS) is 1. The van der Waals surface area contributed by atoms with Gasteiger partial charge in [0.25, 0.3) is 0 Å². The average Bonchev–Trinajstić information content (AvgIpc) is 2.25. The molecule has 1 aromatic rings. The molecule has 0 saturated heterocycles. The molecule has 1 N–H and O–H groups in total. The van der Waals surface area contributed by atoms with Crippen molar-refractivity contribution in [3.8, 4) is 11.8 Å². The number of hydrogen-bond donors (Lipinski definition) is 1. The van der Waals surface area contributed by atoms with Crippen LogP contribution < -0.4 is 4.74 Å². The van der Waals surface area contributed by atoms with Crippen LogP contribution >= 0.6 is 0 Å². The van der Waals surface area contributed by atoms with Gasteiger partial charge >= 0.3 is 5.97 Å². The van der Waals surface area contributed by atoms with Crippen LogP contribution in [0.5, 0.6) is 5.75 Å². The lowest BCUT2D eigenvalue weighted by molar-refractivity contribution is 0.0692. The first kappa shape index (κ1) is 12.0. The van der Waals surface area contributed by atoms with Gasteiger partial charge in [0.05, 0.1) is 5.56 Å². The molecular weight excluding hydrogens is 213 g/mol. The third kappa shape index (κ3) is 2.70. The molecule has 1 rings (SSSR count). The van der Waals surface area contributed by atoms with Crippen molar-refractivity contribution in [1.29, 1.82) is 5.26 Å². The van der Waals surface area contributed by atoms with Crippen LogP contribution in [0.2, 0.25) is 0 Å². The highest BCUT2D eigenvalue weighted by atomic mass is 19.1. The Bertz CT molecular complexity index is 439. The molecule has 0 aromatic heterocycles. The molecule has 0 fully saturated rings. The topological polar surface area (TPSA) is 70.3 Å². The first-order chi connectivity index (χ1) is 7.58. The molecule has 16 heavy (non-hydrogen) atoms. The molecule has 0 amide bonds. The monoisotopic (exact) mass is 223 g/mol. The maximum absolute atomic E-state index is 13.2. The third-order valence-corrected chi connectivity index (χ3v) is 1.96. The van der Waals surface area contributed by atoms with Gasteiger partial charge in [0.1, 0.15) is 17.6 Å². The lowest BCUT2D eigenvalue weighted by atomic mass is 10.2. The van der Waals surface area contributed by atoms with E-state index >= 15 is 0 Å². The number of carbonyl (C=O) groups is 1. The van der Waals surface area contributed by atoms with Crippen molar-refractivity contribution in [1.82, 2.24) is 0 Å². The van der Waals surface area contributed by atoms with Crippen LogP contribution in [0.15, 0.2) is 18.2 Å². The van der Waals surface area contributed by atoms with Gasteiger partial charge in [0.15, 0.2) is 6.10 Å². The Labute approximate surface area is 91.9 Å². The quantitative estimate of drug-likeness (QED) is 0.849. The highest BCUT2D eigenvalue weighted by Crippen LogP contribution is 2.18. The molecule has 0 aliphatic rings. The number of aromatic carboxylic acids is 1. The normalized spacial score (nSPS) is 11.6. The van der Waals surface area contributed by atoms with E-state index in [-0.39, 0.29) is 5.75 Å². The van der Waals surface area contributed by atoms with Gasteiger partial charge in [-0.3, -0.25) is 0 Å². The Balaban J connectivity index is 2.90. The Morgan fingerprint density at radius 2 is 2.38 bits per heavy atom. The Hall–Kier alpha value is -2.09. The number of carboxylic acids is 1. The molecule has 0 bridgehead atoms. The zero-order valence-electron chi connectivity index (χ0n) is 8.61. The highest BCUT2D eigenvalue weighted by Gasteiger charge is 2.12. The summed E-state index contributed by atoms with van der Waals surface area (Å²) in [5, 5.41) is 17.2. The zero-order valence-corrected chi connectivity index (χ0v) is 8.61. The molecule has 0 saturated carbocycles. The zero-order chi connectivity index (χ0) is 12.1. The van der Waals surface area contributed by atoms with E-state index in [1.807, 2.05) is 6.07 Å².